The van der Waals surface area contributed by atoms with Gasteiger partial charge < -0.3 is 5.11 Å². The van der Waals surface area contributed by atoms with Gasteiger partial charge in [0.2, 0.25) is 5.75 Å². The van der Waals surface area contributed by atoms with Gasteiger partial charge in [-0.1, -0.05) is 58.3 Å². The normalized spacial score (nSPS) is 12.6. The molecule has 1 unspecified atom stereocenters. The summed E-state index contributed by atoms with van der Waals surface area (Å²) in [6, 6.07) is 0. The summed E-state index contributed by atoms with van der Waals surface area (Å²) in [5, 5.41) is 8.65. The highest BCUT2D eigenvalue weighted by molar-refractivity contribution is 7.96. The number of carboxylic acids is 1. The first kappa shape index (κ1) is 17.8. The summed E-state index contributed by atoms with van der Waals surface area (Å²) < 4.78 is 0. The third kappa shape index (κ3) is 13.9. The summed E-state index contributed by atoms with van der Waals surface area (Å²) in [5.41, 5.74) is 0. The zero-order chi connectivity index (χ0) is 13.6. The Hall–Kier alpha value is -0.180. The predicted octanol–water partition coefficient (Wildman–Crippen LogP) is 4.24. The zero-order valence-corrected chi connectivity index (χ0v) is 13.1. The molecular formula is C15H31O2S+. The van der Waals surface area contributed by atoms with Crippen LogP contribution in [0.4, 0.5) is 0 Å². The molecule has 0 saturated heterocycles. The van der Waals surface area contributed by atoms with Crippen molar-refractivity contribution in [2.24, 2.45) is 0 Å². The van der Waals surface area contributed by atoms with Crippen LogP contribution in [0, 0.1) is 0 Å². The quantitative estimate of drug-likeness (QED) is 0.403. The Morgan fingerprint density at radius 3 is 1.78 bits per heavy atom. The second-order valence-electron chi connectivity index (χ2n) is 5.21. The molecule has 0 aromatic rings. The molecule has 0 heterocycles. The van der Waals surface area contributed by atoms with Crippen molar-refractivity contribution in [2.45, 2.75) is 71.1 Å². The SMILES string of the molecule is CCCCCCCCCCCC[S+](C)CC(=O)O. The molecule has 0 aliphatic rings. The average molecular weight is 275 g/mol. The van der Waals surface area contributed by atoms with Crippen molar-refractivity contribution in [1.29, 1.82) is 0 Å². The first-order valence-electron chi connectivity index (χ1n) is 7.47. The van der Waals surface area contributed by atoms with E-state index in [0.29, 0.717) is 5.75 Å². The maximum absolute atomic E-state index is 10.5. The van der Waals surface area contributed by atoms with Crippen LogP contribution < -0.4 is 0 Å². The van der Waals surface area contributed by atoms with Crippen LogP contribution in [0.25, 0.3) is 0 Å². The van der Waals surface area contributed by atoms with E-state index >= 15 is 0 Å². The minimum atomic E-state index is -0.645. The van der Waals surface area contributed by atoms with Gasteiger partial charge in [0.25, 0.3) is 0 Å². The number of unbranched alkanes of at least 4 members (excludes halogenated alkanes) is 9. The smallest absolute Gasteiger partial charge is 0.353 e. The lowest BCUT2D eigenvalue weighted by Gasteiger charge is -2.02. The third-order valence-corrected chi connectivity index (χ3v) is 4.94. The Morgan fingerprint density at radius 2 is 1.33 bits per heavy atom. The molecule has 1 atom stereocenters. The molecule has 0 aliphatic heterocycles. The fourth-order valence-corrected chi connectivity index (χ4v) is 3.38. The third-order valence-electron chi connectivity index (χ3n) is 3.22. The molecule has 0 aromatic carbocycles. The highest BCUT2D eigenvalue weighted by atomic mass is 32.2. The summed E-state index contributed by atoms with van der Waals surface area (Å²) >= 11 is 0. The molecule has 3 heteroatoms. The number of rotatable bonds is 13. The Morgan fingerprint density at radius 1 is 0.889 bits per heavy atom. The highest BCUT2D eigenvalue weighted by Gasteiger charge is 2.14. The molecule has 0 saturated carbocycles. The molecule has 0 spiro atoms. The van der Waals surface area contributed by atoms with E-state index in [2.05, 4.69) is 13.2 Å². The summed E-state index contributed by atoms with van der Waals surface area (Å²) in [5.74, 6) is 0.813. The summed E-state index contributed by atoms with van der Waals surface area (Å²) in [4.78, 5) is 10.5. The van der Waals surface area contributed by atoms with Crippen LogP contribution in [-0.4, -0.2) is 28.8 Å². The van der Waals surface area contributed by atoms with Crippen molar-refractivity contribution in [3.8, 4) is 0 Å². The van der Waals surface area contributed by atoms with Gasteiger partial charge in [0.15, 0.2) is 0 Å². The molecule has 0 amide bonds. The Balaban J connectivity index is 3.09. The molecule has 108 valence electrons. The van der Waals surface area contributed by atoms with E-state index in [0.717, 1.165) is 5.75 Å². The number of hydrogen-bond donors (Lipinski definition) is 1. The molecule has 0 aromatic heterocycles. The second-order valence-corrected chi connectivity index (χ2v) is 7.47. The number of carboxylic acid groups (broad SMARTS) is 1. The number of aliphatic carboxylic acids is 1. The fraction of sp³-hybridized carbons (Fsp3) is 0.933. The lowest BCUT2D eigenvalue weighted by atomic mass is 10.1. The monoisotopic (exact) mass is 275 g/mol. The Kier molecular flexibility index (Phi) is 13.1. The van der Waals surface area contributed by atoms with Gasteiger partial charge in [-0.05, 0) is 23.7 Å². The van der Waals surface area contributed by atoms with Gasteiger partial charge in [-0.25, -0.2) is 4.79 Å². The lowest BCUT2D eigenvalue weighted by molar-refractivity contribution is -0.133. The van der Waals surface area contributed by atoms with Crippen LogP contribution in [0.3, 0.4) is 0 Å². The largest absolute Gasteiger partial charge is 0.478 e. The van der Waals surface area contributed by atoms with E-state index in [1.807, 2.05) is 0 Å². The summed E-state index contributed by atoms with van der Waals surface area (Å²) in [7, 11) is 0.0877. The van der Waals surface area contributed by atoms with Crippen LogP contribution in [0.5, 0.6) is 0 Å². The predicted molar refractivity (Wildman–Crippen MR) is 82.5 cm³/mol. The first-order chi connectivity index (χ1) is 8.66. The van der Waals surface area contributed by atoms with Gasteiger partial charge in [0, 0.05) is 0 Å². The van der Waals surface area contributed by atoms with E-state index in [1.165, 1.54) is 64.2 Å². The highest BCUT2D eigenvalue weighted by Crippen LogP contribution is 2.11. The van der Waals surface area contributed by atoms with Crippen molar-refractivity contribution in [1.82, 2.24) is 0 Å². The van der Waals surface area contributed by atoms with Gasteiger partial charge in [-0.3, -0.25) is 0 Å². The number of carbonyl (C=O) groups is 1. The molecule has 1 N–H and O–H groups in total. The van der Waals surface area contributed by atoms with Crippen molar-refractivity contribution >= 4 is 16.9 Å². The number of hydrogen-bond acceptors (Lipinski definition) is 1. The van der Waals surface area contributed by atoms with E-state index in [-0.39, 0.29) is 10.9 Å². The second kappa shape index (κ2) is 13.3. The maximum atomic E-state index is 10.5. The molecule has 0 aliphatic carbocycles. The summed E-state index contributed by atoms with van der Waals surface area (Å²) in [6.07, 6.45) is 15.6. The molecule has 0 radical (unpaired) electrons. The van der Waals surface area contributed by atoms with Gasteiger partial charge in [-0.15, -0.1) is 0 Å². The van der Waals surface area contributed by atoms with Crippen LogP contribution >= 0.6 is 0 Å². The topological polar surface area (TPSA) is 37.3 Å². The minimum absolute atomic E-state index is 0.0877. The minimum Gasteiger partial charge on any atom is -0.478 e. The fourth-order valence-electron chi connectivity index (χ4n) is 2.12. The molecule has 0 fully saturated rings. The maximum Gasteiger partial charge on any atom is 0.353 e. The molecule has 0 bridgehead atoms. The van der Waals surface area contributed by atoms with E-state index in [1.54, 1.807) is 0 Å². The first-order valence-corrected chi connectivity index (χ1v) is 9.45. The zero-order valence-electron chi connectivity index (χ0n) is 12.2. The van der Waals surface area contributed by atoms with Crippen LogP contribution in [0.1, 0.15) is 71.1 Å². The van der Waals surface area contributed by atoms with Gasteiger partial charge in [0.1, 0.15) is 5.75 Å². The molecular weight excluding hydrogens is 244 g/mol. The van der Waals surface area contributed by atoms with Crippen LogP contribution in [0.15, 0.2) is 0 Å². The summed E-state index contributed by atoms with van der Waals surface area (Å²) in [6.45, 7) is 2.26. The van der Waals surface area contributed by atoms with Crippen molar-refractivity contribution < 1.29 is 9.90 Å². The molecule has 0 rings (SSSR count). The van der Waals surface area contributed by atoms with Crippen molar-refractivity contribution in [2.75, 3.05) is 17.8 Å². The van der Waals surface area contributed by atoms with Crippen molar-refractivity contribution in [3.63, 3.8) is 0 Å². The van der Waals surface area contributed by atoms with Gasteiger partial charge in [0.05, 0.1) is 6.26 Å². The average Bonchev–Trinajstić information content (AvgIpc) is 2.30. The van der Waals surface area contributed by atoms with Crippen molar-refractivity contribution in [3.05, 3.63) is 0 Å². The lowest BCUT2D eigenvalue weighted by Crippen LogP contribution is -2.17. The Bertz CT molecular complexity index is 195. The van der Waals surface area contributed by atoms with Gasteiger partial charge in [-0.2, -0.15) is 0 Å². The van der Waals surface area contributed by atoms with Crippen LogP contribution in [-0.2, 0) is 15.7 Å². The van der Waals surface area contributed by atoms with Crippen LogP contribution in [0.2, 0.25) is 0 Å². The standard InChI is InChI=1S/C15H30O2S/c1-3-4-5-6-7-8-9-10-11-12-13-18(2)14-15(16)17/h3-14H2,1-2H3/p+1. The molecule has 18 heavy (non-hydrogen) atoms. The molecule has 2 nitrogen and oxygen atoms in total. The van der Waals surface area contributed by atoms with E-state index in [9.17, 15) is 4.79 Å². The van der Waals surface area contributed by atoms with Gasteiger partial charge >= 0.3 is 5.97 Å². The van der Waals surface area contributed by atoms with E-state index < -0.39 is 5.97 Å². The van der Waals surface area contributed by atoms with E-state index in [4.69, 9.17) is 5.11 Å². The Labute approximate surface area is 116 Å².